The molecular formula is C13H12ClN3O2. The van der Waals surface area contributed by atoms with E-state index < -0.39 is 5.97 Å². The number of anilines is 3. The zero-order chi connectivity index (χ0) is 13.8. The highest BCUT2D eigenvalue weighted by Gasteiger charge is 2.13. The molecule has 0 spiro atoms. The molecule has 0 unspecified atom stereocenters. The predicted molar refractivity (Wildman–Crippen MR) is 74.7 cm³/mol. The molecule has 0 atom stereocenters. The van der Waals surface area contributed by atoms with E-state index >= 15 is 0 Å². The lowest BCUT2D eigenvalue weighted by atomic mass is 10.2. The molecule has 0 saturated heterocycles. The highest BCUT2D eigenvalue weighted by molar-refractivity contribution is 6.30. The fourth-order valence-corrected chi connectivity index (χ4v) is 1.64. The van der Waals surface area contributed by atoms with Gasteiger partial charge in [-0.1, -0.05) is 11.6 Å². The highest BCUT2D eigenvalue weighted by Crippen LogP contribution is 2.22. The molecule has 0 bridgehead atoms. The van der Waals surface area contributed by atoms with Crippen LogP contribution in [0.15, 0.2) is 36.5 Å². The summed E-state index contributed by atoms with van der Waals surface area (Å²) in [5, 5.41) is 3.64. The lowest BCUT2D eigenvalue weighted by Crippen LogP contribution is -2.08. The number of rotatable bonds is 3. The van der Waals surface area contributed by atoms with E-state index in [4.69, 9.17) is 22.1 Å². The molecule has 2 rings (SSSR count). The number of esters is 1. The maximum Gasteiger partial charge on any atom is 0.341 e. The lowest BCUT2D eigenvalue weighted by Gasteiger charge is -2.10. The molecule has 1 heterocycles. The third-order valence-electron chi connectivity index (χ3n) is 2.42. The van der Waals surface area contributed by atoms with Gasteiger partial charge < -0.3 is 15.8 Å². The summed E-state index contributed by atoms with van der Waals surface area (Å²) in [6.45, 7) is 0. The molecular weight excluding hydrogens is 266 g/mol. The molecule has 0 aliphatic rings. The quantitative estimate of drug-likeness (QED) is 0.844. The number of methoxy groups -OCH3 is 1. The summed E-state index contributed by atoms with van der Waals surface area (Å²) < 4.78 is 4.69. The maximum atomic E-state index is 11.7. The van der Waals surface area contributed by atoms with Crippen LogP contribution >= 0.6 is 11.6 Å². The number of nitrogens with one attached hydrogen (secondary N) is 1. The third kappa shape index (κ3) is 3.14. The molecule has 0 fully saturated rings. The summed E-state index contributed by atoms with van der Waals surface area (Å²) in [5.74, 6) is -0.125. The minimum atomic E-state index is -0.503. The summed E-state index contributed by atoms with van der Waals surface area (Å²) >= 11 is 5.81. The monoisotopic (exact) mass is 277 g/mol. The summed E-state index contributed by atoms with van der Waals surface area (Å²) in [5.41, 5.74) is 7.04. The van der Waals surface area contributed by atoms with E-state index in [1.807, 2.05) is 0 Å². The number of aromatic nitrogens is 1. The second-order valence-corrected chi connectivity index (χ2v) is 4.22. The zero-order valence-electron chi connectivity index (χ0n) is 10.2. The molecule has 2 aromatic rings. The molecule has 0 radical (unpaired) electrons. The average Bonchev–Trinajstić information content (AvgIpc) is 2.42. The normalized spacial score (nSPS) is 10.0. The summed E-state index contributed by atoms with van der Waals surface area (Å²) in [7, 11) is 1.30. The van der Waals surface area contributed by atoms with Crippen LogP contribution in [0.1, 0.15) is 10.4 Å². The molecule has 6 heteroatoms. The Morgan fingerprint density at radius 1 is 1.37 bits per heavy atom. The summed E-state index contributed by atoms with van der Waals surface area (Å²) in [6, 6.07) is 8.54. The van der Waals surface area contributed by atoms with Gasteiger partial charge >= 0.3 is 5.97 Å². The number of carbonyl (C=O) groups excluding carboxylic acids is 1. The molecule has 1 aromatic carbocycles. The van der Waals surface area contributed by atoms with Crippen molar-refractivity contribution >= 4 is 34.8 Å². The van der Waals surface area contributed by atoms with Gasteiger partial charge in [0.25, 0.3) is 0 Å². The van der Waals surface area contributed by atoms with Crippen molar-refractivity contribution in [3.05, 3.63) is 47.1 Å². The Morgan fingerprint density at radius 3 is 2.68 bits per heavy atom. The number of nitrogen functional groups attached to an aromatic ring is 1. The Labute approximate surface area is 115 Å². The topological polar surface area (TPSA) is 77.2 Å². The van der Waals surface area contributed by atoms with Gasteiger partial charge in [-0.05, 0) is 30.3 Å². The van der Waals surface area contributed by atoms with Crippen LogP contribution in [0, 0.1) is 0 Å². The minimum absolute atomic E-state index is 0.275. The first-order chi connectivity index (χ1) is 9.10. The van der Waals surface area contributed by atoms with E-state index in [0.717, 1.165) is 5.69 Å². The lowest BCUT2D eigenvalue weighted by molar-refractivity contribution is 0.0601. The Balaban J connectivity index is 2.34. The first-order valence-corrected chi connectivity index (χ1v) is 5.84. The first kappa shape index (κ1) is 13.2. The second-order valence-electron chi connectivity index (χ2n) is 3.79. The van der Waals surface area contributed by atoms with Gasteiger partial charge in [0.2, 0.25) is 0 Å². The first-order valence-electron chi connectivity index (χ1n) is 5.46. The van der Waals surface area contributed by atoms with E-state index in [0.29, 0.717) is 16.5 Å². The SMILES string of the molecule is COC(=O)c1cc(N)cnc1Nc1ccc(Cl)cc1. The summed E-state index contributed by atoms with van der Waals surface area (Å²) in [6.07, 6.45) is 1.46. The van der Waals surface area contributed by atoms with Gasteiger partial charge in [0.1, 0.15) is 11.4 Å². The molecule has 0 aliphatic carbocycles. The van der Waals surface area contributed by atoms with Gasteiger partial charge in [-0.25, -0.2) is 9.78 Å². The van der Waals surface area contributed by atoms with Gasteiger partial charge in [0.15, 0.2) is 0 Å². The molecule has 0 amide bonds. The van der Waals surface area contributed by atoms with Gasteiger partial charge in [-0.15, -0.1) is 0 Å². The maximum absolute atomic E-state index is 11.7. The number of hydrogen-bond donors (Lipinski definition) is 2. The van der Waals surface area contributed by atoms with Gasteiger partial charge in [-0.3, -0.25) is 0 Å². The van der Waals surface area contributed by atoms with Gasteiger partial charge in [0.05, 0.1) is 19.0 Å². The summed E-state index contributed by atoms with van der Waals surface area (Å²) in [4.78, 5) is 15.7. The van der Waals surface area contributed by atoms with Crippen LogP contribution in [0.4, 0.5) is 17.2 Å². The van der Waals surface area contributed by atoms with Crippen LogP contribution in [-0.4, -0.2) is 18.1 Å². The van der Waals surface area contributed by atoms with Crippen LogP contribution in [0.25, 0.3) is 0 Å². The Bertz CT molecular complexity index is 599. The molecule has 1 aromatic heterocycles. The standard InChI is InChI=1S/C13H12ClN3O2/c1-19-13(18)11-6-9(15)7-16-12(11)17-10-4-2-8(14)3-5-10/h2-7H,15H2,1H3,(H,16,17). The van der Waals surface area contributed by atoms with Crippen molar-refractivity contribution in [2.45, 2.75) is 0 Å². The smallest absolute Gasteiger partial charge is 0.341 e. The van der Waals surface area contributed by atoms with Crippen molar-refractivity contribution in [3.8, 4) is 0 Å². The van der Waals surface area contributed by atoms with Crippen molar-refractivity contribution in [1.29, 1.82) is 0 Å². The van der Waals surface area contributed by atoms with E-state index in [2.05, 4.69) is 10.3 Å². The molecule has 0 saturated carbocycles. The number of hydrogen-bond acceptors (Lipinski definition) is 5. The van der Waals surface area contributed by atoms with E-state index in [1.54, 1.807) is 24.3 Å². The fraction of sp³-hybridized carbons (Fsp3) is 0.0769. The van der Waals surface area contributed by atoms with Crippen LogP contribution in [0.5, 0.6) is 0 Å². The van der Waals surface area contributed by atoms with Crippen molar-refractivity contribution in [3.63, 3.8) is 0 Å². The van der Waals surface area contributed by atoms with E-state index in [9.17, 15) is 4.79 Å². The number of benzene rings is 1. The second kappa shape index (κ2) is 5.58. The molecule has 3 N–H and O–H groups in total. The molecule has 19 heavy (non-hydrogen) atoms. The van der Waals surface area contributed by atoms with Crippen LogP contribution in [0.2, 0.25) is 5.02 Å². The van der Waals surface area contributed by atoms with Gasteiger partial charge in [0, 0.05) is 10.7 Å². The highest BCUT2D eigenvalue weighted by atomic mass is 35.5. The number of nitrogens with zero attached hydrogens (tertiary/aromatic N) is 1. The Hall–Kier alpha value is -2.27. The number of nitrogens with two attached hydrogens (primary N) is 1. The fourth-order valence-electron chi connectivity index (χ4n) is 1.52. The number of pyridine rings is 1. The number of ether oxygens (including phenoxy) is 1. The van der Waals surface area contributed by atoms with E-state index in [1.165, 1.54) is 19.4 Å². The average molecular weight is 278 g/mol. The zero-order valence-corrected chi connectivity index (χ0v) is 10.9. The van der Waals surface area contributed by atoms with Crippen molar-refractivity contribution in [1.82, 2.24) is 4.98 Å². The Morgan fingerprint density at radius 2 is 2.05 bits per heavy atom. The number of carbonyl (C=O) groups is 1. The minimum Gasteiger partial charge on any atom is -0.465 e. The van der Waals surface area contributed by atoms with Crippen molar-refractivity contribution < 1.29 is 9.53 Å². The van der Waals surface area contributed by atoms with Crippen LogP contribution in [0.3, 0.4) is 0 Å². The molecule has 0 aliphatic heterocycles. The van der Waals surface area contributed by atoms with Crippen molar-refractivity contribution in [2.24, 2.45) is 0 Å². The molecule has 98 valence electrons. The predicted octanol–water partition coefficient (Wildman–Crippen LogP) is 2.85. The van der Waals surface area contributed by atoms with Crippen LogP contribution < -0.4 is 11.1 Å². The third-order valence-corrected chi connectivity index (χ3v) is 2.67. The van der Waals surface area contributed by atoms with Crippen LogP contribution in [-0.2, 0) is 4.74 Å². The Kier molecular flexibility index (Phi) is 3.87. The largest absolute Gasteiger partial charge is 0.465 e. The van der Waals surface area contributed by atoms with E-state index in [-0.39, 0.29) is 5.56 Å². The molecule has 5 nitrogen and oxygen atoms in total. The van der Waals surface area contributed by atoms with Gasteiger partial charge in [-0.2, -0.15) is 0 Å². The van der Waals surface area contributed by atoms with Crippen molar-refractivity contribution in [2.75, 3.05) is 18.2 Å². The number of halogens is 1.